The molecule has 2 heterocycles. The van der Waals surface area contributed by atoms with Crippen LogP contribution in [0, 0.1) is 5.92 Å². The van der Waals surface area contributed by atoms with E-state index >= 15 is 0 Å². The third kappa shape index (κ3) is 4.48. The first-order valence-electron chi connectivity index (χ1n) is 7.71. The second kappa shape index (κ2) is 8.19. The minimum Gasteiger partial charge on any atom is -0.340 e. The Balaban J connectivity index is 1.75. The zero-order valence-corrected chi connectivity index (χ0v) is 13.9. The van der Waals surface area contributed by atoms with Crippen molar-refractivity contribution in [2.45, 2.75) is 26.7 Å². The summed E-state index contributed by atoms with van der Waals surface area (Å²) >= 11 is 1.30. The maximum Gasteiger partial charge on any atom is 0.240 e. The summed E-state index contributed by atoms with van der Waals surface area (Å²) in [4.78, 5) is 28.2. The van der Waals surface area contributed by atoms with E-state index in [1.807, 2.05) is 4.90 Å². The molecule has 1 N–H and O–H groups in total. The van der Waals surface area contributed by atoms with Crippen LogP contribution in [0.2, 0.25) is 0 Å². The van der Waals surface area contributed by atoms with Crippen molar-refractivity contribution in [3.8, 4) is 0 Å². The van der Waals surface area contributed by atoms with Gasteiger partial charge in [-0.3, -0.25) is 19.8 Å². The van der Waals surface area contributed by atoms with E-state index in [4.69, 9.17) is 0 Å². The molecule has 1 fully saturated rings. The van der Waals surface area contributed by atoms with Gasteiger partial charge in [0, 0.05) is 32.1 Å². The van der Waals surface area contributed by atoms with E-state index in [2.05, 4.69) is 34.3 Å². The molecule has 0 atom stereocenters. The lowest BCUT2D eigenvalue weighted by molar-refractivity contribution is -0.137. The summed E-state index contributed by atoms with van der Waals surface area (Å²) < 4.78 is 0. The largest absolute Gasteiger partial charge is 0.340 e. The van der Waals surface area contributed by atoms with Gasteiger partial charge in [-0.1, -0.05) is 25.2 Å². The molecular formula is C14H23N5O2S. The highest BCUT2D eigenvalue weighted by atomic mass is 32.1. The number of rotatable bonds is 6. The van der Waals surface area contributed by atoms with E-state index in [-0.39, 0.29) is 17.7 Å². The number of carbonyl (C=O) groups excluding carboxylic acids is 2. The molecule has 1 aromatic rings. The van der Waals surface area contributed by atoms with Gasteiger partial charge in [-0.05, 0) is 12.8 Å². The molecule has 1 aliphatic rings. The van der Waals surface area contributed by atoms with Crippen molar-refractivity contribution in [2.75, 3.05) is 38.0 Å². The number of nitrogens with zero attached hydrogens (tertiary/aromatic N) is 4. The fourth-order valence-electron chi connectivity index (χ4n) is 2.61. The van der Waals surface area contributed by atoms with E-state index in [9.17, 15) is 9.59 Å². The zero-order valence-electron chi connectivity index (χ0n) is 13.1. The van der Waals surface area contributed by atoms with Crippen molar-refractivity contribution < 1.29 is 9.59 Å². The standard InChI is InChI=1S/C14H23N5O2S/c1-3-11(4-2)13(21)19-7-5-18(6-8-19)9-12(20)16-14-17-15-10-22-14/h10-11H,3-9H2,1-2H3,(H,16,17,20). The fourth-order valence-corrected chi connectivity index (χ4v) is 3.07. The second-order valence-corrected chi connectivity index (χ2v) is 6.24. The Labute approximate surface area is 134 Å². The van der Waals surface area contributed by atoms with Crippen molar-refractivity contribution >= 4 is 28.3 Å². The predicted molar refractivity (Wildman–Crippen MR) is 85.6 cm³/mol. The van der Waals surface area contributed by atoms with Gasteiger partial charge in [0.25, 0.3) is 0 Å². The normalized spacial score (nSPS) is 16.0. The number of aromatic nitrogens is 2. The summed E-state index contributed by atoms with van der Waals surface area (Å²) in [5.41, 5.74) is 1.58. The second-order valence-electron chi connectivity index (χ2n) is 5.41. The average molecular weight is 325 g/mol. The molecule has 0 aromatic carbocycles. The van der Waals surface area contributed by atoms with Crippen LogP contribution in [0.15, 0.2) is 5.51 Å². The lowest BCUT2D eigenvalue weighted by Crippen LogP contribution is -2.51. The van der Waals surface area contributed by atoms with Gasteiger partial charge in [0.15, 0.2) is 0 Å². The summed E-state index contributed by atoms with van der Waals surface area (Å²) in [5.74, 6) is 0.298. The molecule has 22 heavy (non-hydrogen) atoms. The average Bonchev–Trinajstić information content (AvgIpc) is 3.02. The summed E-state index contributed by atoms with van der Waals surface area (Å²) in [6.07, 6.45) is 1.78. The van der Waals surface area contributed by atoms with Crippen molar-refractivity contribution in [3.05, 3.63) is 5.51 Å². The maximum absolute atomic E-state index is 12.3. The molecule has 0 aliphatic carbocycles. The first-order chi connectivity index (χ1) is 10.6. The van der Waals surface area contributed by atoms with Crippen molar-refractivity contribution in [3.63, 3.8) is 0 Å². The summed E-state index contributed by atoms with van der Waals surface area (Å²) in [5, 5.41) is 10.7. The highest BCUT2D eigenvalue weighted by molar-refractivity contribution is 7.13. The van der Waals surface area contributed by atoms with Crippen LogP contribution in [0.25, 0.3) is 0 Å². The third-order valence-electron chi connectivity index (χ3n) is 3.99. The van der Waals surface area contributed by atoms with E-state index in [0.717, 1.165) is 25.9 Å². The Bertz CT molecular complexity index is 481. The molecule has 2 amide bonds. The number of nitrogens with one attached hydrogen (secondary N) is 1. The van der Waals surface area contributed by atoms with Gasteiger partial charge in [0.2, 0.25) is 16.9 Å². The van der Waals surface area contributed by atoms with Crippen molar-refractivity contribution in [1.82, 2.24) is 20.0 Å². The van der Waals surface area contributed by atoms with Gasteiger partial charge in [0.1, 0.15) is 5.51 Å². The van der Waals surface area contributed by atoms with Crippen molar-refractivity contribution in [1.29, 1.82) is 0 Å². The van der Waals surface area contributed by atoms with Crippen LogP contribution in [0.4, 0.5) is 5.13 Å². The molecule has 122 valence electrons. The van der Waals surface area contributed by atoms with E-state index in [0.29, 0.717) is 24.8 Å². The molecular weight excluding hydrogens is 302 g/mol. The van der Waals surface area contributed by atoms with E-state index < -0.39 is 0 Å². The molecule has 7 nitrogen and oxygen atoms in total. The van der Waals surface area contributed by atoms with Crippen LogP contribution in [0.1, 0.15) is 26.7 Å². The quantitative estimate of drug-likeness (QED) is 0.846. The van der Waals surface area contributed by atoms with Gasteiger partial charge in [0.05, 0.1) is 6.54 Å². The molecule has 0 saturated carbocycles. The van der Waals surface area contributed by atoms with E-state index in [1.165, 1.54) is 11.3 Å². The number of amides is 2. The number of hydrogen-bond donors (Lipinski definition) is 1. The van der Waals surface area contributed by atoms with Gasteiger partial charge < -0.3 is 4.90 Å². The van der Waals surface area contributed by atoms with Gasteiger partial charge in [-0.2, -0.15) is 0 Å². The first-order valence-corrected chi connectivity index (χ1v) is 8.59. The molecule has 0 spiro atoms. The number of hydrogen-bond acceptors (Lipinski definition) is 6. The molecule has 1 aromatic heterocycles. The van der Waals surface area contributed by atoms with Crippen LogP contribution >= 0.6 is 11.3 Å². The summed E-state index contributed by atoms with van der Waals surface area (Å²) in [6, 6.07) is 0. The Morgan fingerprint density at radius 2 is 1.95 bits per heavy atom. The van der Waals surface area contributed by atoms with E-state index in [1.54, 1.807) is 5.51 Å². The highest BCUT2D eigenvalue weighted by Crippen LogP contribution is 2.14. The van der Waals surface area contributed by atoms with Crippen LogP contribution in [-0.2, 0) is 9.59 Å². The number of piperazine rings is 1. The van der Waals surface area contributed by atoms with Crippen molar-refractivity contribution in [2.24, 2.45) is 5.92 Å². The minimum atomic E-state index is -0.0866. The van der Waals surface area contributed by atoms with Gasteiger partial charge in [-0.15, -0.1) is 10.2 Å². The van der Waals surface area contributed by atoms with Crippen LogP contribution in [0.5, 0.6) is 0 Å². The molecule has 0 radical (unpaired) electrons. The molecule has 2 rings (SSSR count). The molecule has 0 unspecified atom stereocenters. The lowest BCUT2D eigenvalue weighted by Gasteiger charge is -2.35. The minimum absolute atomic E-state index is 0.0866. The fraction of sp³-hybridized carbons (Fsp3) is 0.714. The molecule has 8 heteroatoms. The molecule has 1 aliphatic heterocycles. The molecule has 1 saturated heterocycles. The zero-order chi connectivity index (χ0) is 15.9. The summed E-state index contributed by atoms with van der Waals surface area (Å²) in [7, 11) is 0. The monoisotopic (exact) mass is 325 g/mol. The Hall–Kier alpha value is -1.54. The Morgan fingerprint density at radius 1 is 1.27 bits per heavy atom. The topological polar surface area (TPSA) is 78.4 Å². The highest BCUT2D eigenvalue weighted by Gasteiger charge is 2.26. The SMILES string of the molecule is CCC(CC)C(=O)N1CCN(CC(=O)Nc2nncs2)CC1. The Kier molecular flexibility index (Phi) is 6.26. The Morgan fingerprint density at radius 3 is 2.50 bits per heavy atom. The van der Waals surface area contributed by atoms with Crippen LogP contribution < -0.4 is 5.32 Å². The smallest absolute Gasteiger partial charge is 0.240 e. The summed E-state index contributed by atoms with van der Waals surface area (Å²) in [6.45, 7) is 7.29. The lowest BCUT2D eigenvalue weighted by atomic mass is 10.0. The maximum atomic E-state index is 12.3. The number of anilines is 1. The van der Waals surface area contributed by atoms with Crippen LogP contribution in [-0.4, -0.2) is 64.5 Å². The molecule has 0 bridgehead atoms. The van der Waals surface area contributed by atoms with Gasteiger partial charge >= 0.3 is 0 Å². The van der Waals surface area contributed by atoms with Crippen LogP contribution in [0.3, 0.4) is 0 Å². The number of carbonyl (C=O) groups is 2. The first kappa shape index (κ1) is 16.8. The predicted octanol–water partition coefficient (Wildman–Crippen LogP) is 1.06. The third-order valence-corrected chi connectivity index (χ3v) is 4.60. The van der Waals surface area contributed by atoms with Gasteiger partial charge in [-0.25, -0.2) is 0 Å².